The van der Waals surface area contributed by atoms with Crippen LogP contribution in [0.3, 0.4) is 0 Å². The molecule has 0 saturated heterocycles. The van der Waals surface area contributed by atoms with Crippen LogP contribution < -0.4 is 5.73 Å². The van der Waals surface area contributed by atoms with Crippen LogP contribution in [0.1, 0.15) is 15.9 Å². The van der Waals surface area contributed by atoms with Crippen LogP contribution in [0.4, 0.5) is 5.69 Å². The zero-order valence-electron chi connectivity index (χ0n) is 7.90. The van der Waals surface area contributed by atoms with E-state index < -0.39 is 0 Å². The first-order valence-corrected chi connectivity index (χ1v) is 4.67. The van der Waals surface area contributed by atoms with Gasteiger partial charge in [0.2, 0.25) is 0 Å². The van der Waals surface area contributed by atoms with E-state index in [0.717, 1.165) is 16.5 Å². The smallest absolute Gasteiger partial charge is 0.187 e. The van der Waals surface area contributed by atoms with Crippen molar-refractivity contribution >= 4 is 28.4 Å². The van der Waals surface area contributed by atoms with Gasteiger partial charge in [0, 0.05) is 22.8 Å². The van der Waals surface area contributed by atoms with Crippen LogP contribution >= 0.6 is 0 Å². The number of benzene rings is 1. The van der Waals surface area contributed by atoms with Crippen LogP contribution in [0, 0.1) is 0 Å². The molecule has 0 atom stereocenters. The van der Waals surface area contributed by atoms with Crippen molar-refractivity contribution in [2.45, 2.75) is 0 Å². The molecule has 0 amide bonds. The molecule has 3 nitrogen and oxygen atoms in total. The molecular weight excluding hydrogens is 188 g/mol. The Morgan fingerprint density at radius 2 is 2.00 bits per heavy atom. The first-order valence-electron chi connectivity index (χ1n) is 4.67. The molecular formula is C12H8N2O. The van der Waals surface area contributed by atoms with E-state index in [1.165, 1.54) is 0 Å². The maximum Gasteiger partial charge on any atom is 0.187 e. The molecule has 1 heterocycles. The fraction of sp³-hybridized carbons (Fsp3) is 0. The third-order valence-electron chi connectivity index (χ3n) is 2.63. The van der Waals surface area contributed by atoms with Gasteiger partial charge >= 0.3 is 0 Å². The predicted octanol–water partition coefficient (Wildman–Crippen LogP) is 2.03. The number of allylic oxidation sites excluding steroid dienone is 1. The Labute approximate surface area is 86.2 Å². The lowest BCUT2D eigenvalue weighted by molar-refractivity contribution is 0.105. The highest BCUT2D eigenvalue weighted by molar-refractivity contribution is 6.22. The van der Waals surface area contributed by atoms with E-state index in [9.17, 15) is 4.79 Å². The number of hydrogen-bond acceptors (Lipinski definition) is 3. The van der Waals surface area contributed by atoms with Gasteiger partial charge in [-0.25, -0.2) is 0 Å². The number of anilines is 1. The molecule has 0 spiro atoms. The third-order valence-corrected chi connectivity index (χ3v) is 2.63. The second-order valence-electron chi connectivity index (χ2n) is 3.52. The number of carbonyl (C=O) groups is 1. The monoisotopic (exact) mass is 196 g/mol. The molecule has 0 unspecified atom stereocenters. The van der Waals surface area contributed by atoms with Crippen molar-refractivity contribution in [3.63, 3.8) is 0 Å². The standard InChI is InChI=1S/C12H8N2O/c13-8-5-6-14-9-3-1-7-2-4-10(15)11(7)12(8)9/h1-6H,(H2,13,14). The van der Waals surface area contributed by atoms with Gasteiger partial charge < -0.3 is 5.73 Å². The summed E-state index contributed by atoms with van der Waals surface area (Å²) in [6.45, 7) is 0. The minimum atomic E-state index is 0.00954. The Bertz CT molecular complexity index is 614. The van der Waals surface area contributed by atoms with Gasteiger partial charge in [0.25, 0.3) is 0 Å². The van der Waals surface area contributed by atoms with Crippen LogP contribution in [-0.4, -0.2) is 10.8 Å². The second kappa shape index (κ2) is 2.67. The summed E-state index contributed by atoms with van der Waals surface area (Å²) in [4.78, 5) is 15.9. The molecule has 2 aromatic rings. The Hall–Kier alpha value is -2.16. The lowest BCUT2D eigenvalue weighted by atomic mass is 10.0. The fourth-order valence-electron chi connectivity index (χ4n) is 1.94. The first kappa shape index (κ1) is 8.17. The summed E-state index contributed by atoms with van der Waals surface area (Å²) >= 11 is 0. The Morgan fingerprint density at radius 1 is 1.13 bits per heavy atom. The molecule has 1 aliphatic rings. The topological polar surface area (TPSA) is 56.0 Å². The minimum Gasteiger partial charge on any atom is -0.398 e. The molecule has 0 fully saturated rings. The molecule has 2 N–H and O–H groups in total. The van der Waals surface area contributed by atoms with Crippen molar-refractivity contribution in [1.29, 1.82) is 0 Å². The molecule has 0 saturated carbocycles. The largest absolute Gasteiger partial charge is 0.398 e. The Kier molecular flexibility index (Phi) is 1.45. The van der Waals surface area contributed by atoms with E-state index >= 15 is 0 Å². The number of nitrogens with two attached hydrogens (primary N) is 1. The van der Waals surface area contributed by atoms with Crippen molar-refractivity contribution in [3.8, 4) is 0 Å². The number of carbonyl (C=O) groups excluding carboxylic acids is 1. The summed E-state index contributed by atoms with van der Waals surface area (Å²) < 4.78 is 0. The number of nitrogens with zero attached hydrogens (tertiary/aromatic N) is 1. The van der Waals surface area contributed by atoms with E-state index in [1.807, 2.05) is 18.2 Å². The Morgan fingerprint density at radius 3 is 2.87 bits per heavy atom. The summed E-state index contributed by atoms with van der Waals surface area (Å²) in [5.41, 5.74) is 8.85. The lowest BCUT2D eigenvalue weighted by Gasteiger charge is -2.05. The second-order valence-corrected chi connectivity index (χ2v) is 3.52. The van der Waals surface area contributed by atoms with Gasteiger partial charge in [-0.15, -0.1) is 0 Å². The first-order chi connectivity index (χ1) is 7.27. The van der Waals surface area contributed by atoms with Crippen molar-refractivity contribution in [1.82, 2.24) is 4.98 Å². The summed E-state index contributed by atoms with van der Waals surface area (Å²) in [6, 6.07) is 5.49. The number of hydrogen-bond donors (Lipinski definition) is 1. The highest BCUT2D eigenvalue weighted by atomic mass is 16.1. The molecule has 3 rings (SSSR count). The maximum absolute atomic E-state index is 11.7. The van der Waals surface area contributed by atoms with E-state index in [4.69, 9.17) is 5.73 Å². The summed E-state index contributed by atoms with van der Waals surface area (Å²) in [6.07, 6.45) is 5.02. The predicted molar refractivity (Wildman–Crippen MR) is 59.5 cm³/mol. The molecule has 1 aliphatic carbocycles. The fourth-order valence-corrected chi connectivity index (χ4v) is 1.94. The van der Waals surface area contributed by atoms with Crippen molar-refractivity contribution < 1.29 is 4.79 Å². The molecule has 0 aliphatic heterocycles. The zero-order valence-corrected chi connectivity index (χ0v) is 7.90. The number of aromatic nitrogens is 1. The quantitative estimate of drug-likeness (QED) is 0.701. The number of nitrogen functional groups attached to an aromatic ring is 1. The molecule has 72 valence electrons. The Balaban J connectivity index is 2.54. The van der Waals surface area contributed by atoms with Gasteiger partial charge in [0.15, 0.2) is 5.78 Å². The van der Waals surface area contributed by atoms with Gasteiger partial charge in [-0.3, -0.25) is 9.78 Å². The minimum absolute atomic E-state index is 0.00954. The van der Waals surface area contributed by atoms with Gasteiger partial charge in [-0.2, -0.15) is 0 Å². The summed E-state index contributed by atoms with van der Waals surface area (Å²) in [7, 11) is 0. The van der Waals surface area contributed by atoms with E-state index in [0.29, 0.717) is 11.3 Å². The van der Waals surface area contributed by atoms with E-state index in [2.05, 4.69) is 4.98 Å². The zero-order chi connectivity index (χ0) is 10.4. The molecule has 1 aromatic carbocycles. The summed E-state index contributed by atoms with van der Waals surface area (Å²) in [5, 5.41) is 0.769. The molecule has 15 heavy (non-hydrogen) atoms. The number of ketones is 1. The summed E-state index contributed by atoms with van der Waals surface area (Å²) in [5.74, 6) is 0.00954. The molecule has 0 bridgehead atoms. The molecule has 1 aromatic heterocycles. The van der Waals surface area contributed by atoms with Crippen LogP contribution in [0.5, 0.6) is 0 Å². The molecule has 0 radical (unpaired) electrons. The van der Waals surface area contributed by atoms with Crippen molar-refractivity contribution in [2.24, 2.45) is 0 Å². The lowest BCUT2D eigenvalue weighted by Crippen LogP contribution is -1.98. The highest BCUT2D eigenvalue weighted by Gasteiger charge is 2.18. The normalized spacial score (nSPS) is 13.5. The number of fused-ring (bicyclic) bond motifs is 3. The third kappa shape index (κ3) is 1.00. The van der Waals surface area contributed by atoms with Crippen molar-refractivity contribution in [3.05, 3.63) is 41.6 Å². The maximum atomic E-state index is 11.7. The van der Waals surface area contributed by atoms with E-state index in [1.54, 1.807) is 18.3 Å². The van der Waals surface area contributed by atoms with Gasteiger partial charge in [0.1, 0.15) is 0 Å². The van der Waals surface area contributed by atoms with E-state index in [-0.39, 0.29) is 5.78 Å². The van der Waals surface area contributed by atoms with Gasteiger partial charge in [-0.1, -0.05) is 12.1 Å². The van der Waals surface area contributed by atoms with Gasteiger partial charge in [-0.05, 0) is 23.8 Å². The number of pyridine rings is 1. The average molecular weight is 196 g/mol. The number of rotatable bonds is 0. The van der Waals surface area contributed by atoms with Crippen LogP contribution in [0.25, 0.3) is 17.0 Å². The van der Waals surface area contributed by atoms with Crippen LogP contribution in [0.15, 0.2) is 30.5 Å². The van der Waals surface area contributed by atoms with Crippen molar-refractivity contribution in [2.75, 3.05) is 5.73 Å². The van der Waals surface area contributed by atoms with Gasteiger partial charge in [0.05, 0.1) is 5.52 Å². The SMILES string of the molecule is Nc1ccnc2ccc3c(c12)C(=O)C=C3. The highest BCUT2D eigenvalue weighted by Crippen LogP contribution is 2.30. The van der Waals surface area contributed by atoms with Crippen LogP contribution in [-0.2, 0) is 0 Å². The van der Waals surface area contributed by atoms with Crippen LogP contribution in [0.2, 0.25) is 0 Å². The molecule has 3 heteroatoms. The average Bonchev–Trinajstić information content (AvgIpc) is 2.61.